The van der Waals surface area contributed by atoms with Crippen molar-refractivity contribution < 1.29 is 13.3 Å². The number of rotatable bonds is 17. The van der Waals surface area contributed by atoms with Crippen LogP contribution in [0, 0.1) is 10.1 Å². The third kappa shape index (κ3) is 10.8. The van der Waals surface area contributed by atoms with Crippen LogP contribution in [0.2, 0.25) is 5.02 Å². The maximum absolute atomic E-state index is 13.8. The first-order valence-electron chi connectivity index (χ1n) is 20.0. The van der Waals surface area contributed by atoms with Gasteiger partial charge in [-0.2, -0.15) is 0 Å². The van der Waals surface area contributed by atoms with Crippen molar-refractivity contribution in [2.75, 3.05) is 52.6 Å². The van der Waals surface area contributed by atoms with E-state index >= 15 is 0 Å². The number of nitro groups is 1. The number of nitrogens with zero attached hydrogens (tertiary/aromatic N) is 6. The Balaban J connectivity index is 0.934. The molecular formula is C46H43ClN8O4S3. The molecule has 5 aromatic carbocycles. The zero-order valence-corrected chi connectivity index (χ0v) is 36.7. The number of hydrogen-bond donors (Lipinski definition) is 2. The third-order valence-electron chi connectivity index (χ3n) is 10.6. The number of nitro benzene ring substituents is 1. The van der Waals surface area contributed by atoms with Gasteiger partial charge < -0.3 is 10.2 Å². The van der Waals surface area contributed by atoms with Crippen LogP contribution in [0.5, 0.6) is 0 Å². The highest BCUT2D eigenvalue weighted by Gasteiger charge is 2.25. The Morgan fingerprint density at radius 1 is 0.806 bits per heavy atom. The lowest BCUT2D eigenvalue weighted by molar-refractivity contribution is -0.384. The van der Waals surface area contributed by atoms with E-state index in [4.69, 9.17) is 11.6 Å². The lowest BCUT2D eigenvalue weighted by Gasteiger charge is -2.36. The average Bonchev–Trinajstić information content (AvgIpc) is 3.29. The number of halogens is 1. The van der Waals surface area contributed by atoms with Crippen molar-refractivity contribution in [2.24, 2.45) is 0 Å². The van der Waals surface area contributed by atoms with Crippen LogP contribution in [0.1, 0.15) is 12.0 Å². The first kappa shape index (κ1) is 43.0. The second-order valence-corrected chi connectivity index (χ2v) is 19.1. The number of nitrogens with one attached hydrogen (secondary N) is 2. The molecule has 16 heteroatoms. The molecule has 1 unspecified atom stereocenters. The summed E-state index contributed by atoms with van der Waals surface area (Å²) in [6.45, 7) is 4.16. The van der Waals surface area contributed by atoms with Gasteiger partial charge in [-0.15, -0.1) is 23.5 Å². The molecule has 2 N–H and O–H groups in total. The van der Waals surface area contributed by atoms with E-state index in [-0.39, 0.29) is 28.1 Å². The van der Waals surface area contributed by atoms with Gasteiger partial charge in [0.25, 0.3) is 15.7 Å². The van der Waals surface area contributed by atoms with Crippen LogP contribution in [0.4, 0.5) is 22.9 Å². The molecule has 0 aliphatic carbocycles. The van der Waals surface area contributed by atoms with Crippen molar-refractivity contribution in [3.05, 3.63) is 167 Å². The topological polar surface area (TPSA) is 146 Å². The quantitative estimate of drug-likeness (QED) is 0.0509. The van der Waals surface area contributed by atoms with Crippen LogP contribution in [-0.4, -0.2) is 76.9 Å². The molecule has 0 amide bonds. The van der Waals surface area contributed by atoms with E-state index in [0.717, 1.165) is 65.6 Å². The van der Waals surface area contributed by atoms with Crippen molar-refractivity contribution in [1.82, 2.24) is 19.9 Å². The Morgan fingerprint density at radius 2 is 1.55 bits per heavy atom. The third-order valence-corrected chi connectivity index (χ3v) is 14.4. The molecule has 1 fully saturated rings. The molecule has 0 bridgehead atoms. The molecule has 0 spiro atoms. The smallest absolute Gasteiger partial charge is 0.293 e. The maximum Gasteiger partial charge on any atom is 0.293 e. The number of aromatic nitrogens is 3. The largest absolute Gasteiger partial charge is 0.376 e. The Kier molecular flexibility index (Phi) is 13.9. The van der Waals surface area contributed by atoms with E-state index in [1.807, 2.05) is 72.8 Å². The van der Waals surface area contributed by atoms with Crippen LogP contribution in [0.25, 0.3) is 22.0 Å². The fraction of sp³-hybridized carbons (Fsp3) is 0.196. The van der Waals surface area contributed by atoms with Crippen LogP contribution in [0.3, 0.4) is 0 Å². The minimum absolute atomic E-state index is 0.0836. The highest BCUT2D eigenvalue weighted by Crippen LogP contribution is 2.33. The molecule has 8 rings (SSSR count). The summed E-state index contributed by atoms with van der Waals surface area (Å²) in [4.78, 5) is 31.4. The Morgan fingerprint density at radius 3 is 2.32 bits per heavy atom. The molecule has 62 heavy (non-hydrogen) atoms. The molecule has 1 aliphatic heterocycles. The molecule has 1 saturated heterocycles. The average molecular weight is 904 g/mol. The van der Waals surface area contributed by atoms with Gasteiger partial charge in [-0.1, -0.05) is 66.2 Å². The number of thioether (sulfide) groups is 2. The molecule has 1 atom stereocenters. The number of piperazine rings is 1. The predicted octanol–water partition coefficient (Wildman–Crippen LogP) is 10.1. The summed E-state index contributed by atoms with van der Waals surface area (Å²) in [7, 11) is -4.29. The number of hydrogen-bond acceptors (Lipinski definition) is 12. The van der Waals surface area contributed by atoms with E-state index < -0.39 is 14.9 Å². The van der Waals surface area contributed by atoms with Crippen molar-refractivity contribution >= 4 is 78.9 Å². The summed E-state index contributed by atoms with van der Waals surface area (Å²) >= 11 is 9.48. The summed E-state index contributed by atoms with van der Waals surface area (Å²) in [5.74, 6) is 1.48. The summed E-state index contributed by atoms with van der Waals surface area (Å²) in [5.41, 5.74) is 5.03. The van der Waals surface area contributed by atoms with Crippen molar-refractivity contribution in [2.45, 2.75) is 33.7 Å². The summed E-state index contributed by atoms with van der Waals surface area (Å²) in [6, 6.07) is 39.7. The van der Waals surface area contributed by atoms with E-state index in [1.165, 1.54) is 29.6 Å². The van der Waals surface area contributed by atoms with E-state index in [0.29, 0.717) is 28.1 Å². The molecule has 0 radical (unpaired) electrons. The zero-order valence-electron chi connectivity index (χ0n) is 33.5. The highest BCUT2D eigenvalue weighted by atomic mass is 35.5. The molecule has 2 aromatic heterocycles. The fourth-order valence-electron chi connectivity index (χ4n) is 7.32. The van der Waals surface area contributed by atoms with Crippen LogP contribution >= 0.6 is 35.1 Å². The van der Waals surface area contributed by atoms with Gasteiger partial charge in [0.05, 0.1) is 15.3 Å². The summed E-state index contributed by atoms with van der Waals surface area (Å²) in [6.07, 6.45) is 5.51. The van der Waals surface area contributed by atoms with E-state index in [9.17, 15) is 18.5 Å². The number of benzene rings is 5. The molecule has 0 saturated carbocycles. The SMILES string of the molecule is O=[N+]([O-])c1cc(S(=O)(=O)Nc2ncnc3cc(N4CCN(Cc5ccccc5-c5ccc(Cl)cc5)CC4)ccc23)ccc1NC(CCSc1ccncc1)CSc1ccccc1. The molecule has 3 heterocycles. The standard InChI is InChI=1S/C46H43ClN8O4S3/c47-35-12-10-33(11-13-35)41-9-5-4-6-34(41)30-53-23-25-54(26-24-53)37-14-16-42-44(28-37)49-32-50-46(42)52-62(58,59)40-15-17-43(45(29-40)55(56)57)51-36(31-61-38-7-2-1-3-8-38)20-27-60-39-18-21-48-22-19-39/h1-19,21-22,28-29,32,36,51H,20,23-27,30-31H2,(H,49,50,52). The predicted molar refractivity (Wildman–Crippen MR) is 252 cm³/mol. The van der Waals surface area contributed by atoms with Gasteiger partial charge >= 0.3 is 0 Å². The minimum atomic E-state index is -4.29. The van der Waals surface area contributed by atoms with Gasteiger partial charge in [-0.05, 0) is 95.6 Å². The van der Waals surface area contributed by atoms with Gasteiger partial charge in [-0.25, -0.2) is 18.4 Å². The summed E-state index contributed by atoms with van der Waals surface area (Å²) in [5, 5.41) is 17.0. The lowest BCUT2D eigenvalue weighted by Crippen LogP contribution is -2.46. The number of anilines is 3. The Labute approximate surface area is 374 Å². The normalized spacial score (nSPS) is 13.8. The molecule has 7 aromatic rings. The first-order valence-corrected chi connectivity index (χ1v) is 23.9. The van der Waals surface area contributed by atoms with Gasteiger partial charge in [0.15, 0.2) is 5.82 Å². The number of sulfonamides is 1. The van der Waals surface area contributed by atoms with Crippen molar-refractivity contribution in [3.63, 3.8) is 0 Å². The lowest BCUT2D eigenvalue weighted by atomic mass is 9.99. The number of fused-ring (bicyclic) bond motifs is 1. The molecule has 1 aliphatic rings. The highest BCUT2D eigenvalue weighted by molar-refractivity contribution is 7.99. The van der Waals surface area contributed by atoms with Crippen LogP contribution in [0.15, 0.2) is 161 Å². The first-order chi connectivity index (χ1) is 30.2. The number of pyridine rings is 1. The van der Waals surface area contributed by atoms with E-state index in [2.05, 4.69) is 71.2 Å². The minimum Gasteiger partial charge on any atom is -0.376 e. The molecule has 316 valence electrons. The maximum atomic E-state index is 13.8. The molecule has 12 nitrogen and oxygen atoms in total. The monoisotopic (exact) mass is 902 g/mol. The van der Waals surface area contributed by atoms with Gasteiger partial charge in [0.2, 0.25) is 0 Å². The van der Waals surface area contributed by atoms with Gasteiger partial charge in [0.1, 0.15) is 12.0 Å². The second kappa shape index (κ2) is 20.0. The van der Waals surface area contributed by atoms with Gasteiger partial charge in [-0.3, -0.25) is 24.7 Å². The van der Waals surface area contributed by atoms with Crippen molar-refractivity contribution in [3.8, 4) is 11.1 Å². The molecular weight excluding hydrogens is 860 g/mol. The van der Waals surface area contributed by atoms with Crippen LogP contribution < -0.4 is 14.9 Å². The summed E-state index contributed by atoms with van der Waals surface area (Å²) < 4.78 is 30.2. The fourth-order valence-corrected chi connectivity index (χ4v) is 10.4. The Bertz CT molecular complexity index is 2750. The zero-order chi connectivity index (χ0) is 42.9. The second-order valence-electron chi connectivity index (χ2n) is 14.7. The van der Waals surface area contributed by atoms with Crippen molar-refractivity contribution in [1.29, 1.82) is 0 Å². The Hall–Kier alpha value is -5.71. The van der Waals surface area contributed by atoms with Gasteiger partial charge in [0, 0.05) is 88.9 Å². The van der Waals surface area contributed by atoms with Crippen LogP contribution in [-0.2, 0) is 16.6 Å². The van der Waals surface area contributed by atoms with E-state index in [1.54, 1.807) is 35.9 Å².